The maximum atomic E-state index is 11.5. The summed E-state index contributed by atoms with van der Waals surface area (Å²) in [4.78, 5) is 12.5. The van der Waals surface area contributed by atoms with Crippen molar-refractivity contribution < 1.29 is 4.79 Å². The Balaban J connectivity index is 2.03. The fourth-order valence-corrected chi connectivity index (χ4v) is 3.16. The van der Waals surface area contributed by atoms with Crippen LogP contribution >= 0.6 is 23.4 Å². The average molecular weight is 359 g/mol. The summed E-state index contributed by atoms with van der Waals surface area (Å²) in [5.74, 6) is 0.181. The minimum absolute atomic E-state index is 0.202. The van der Waals surface area contributed by atoms with E-state index in [0.29, 0.717) is 21.6 Å². The van der Waals surface area contributed by atoms with Gasteiger partial charge in [0.2, 0.25) is 5.91 Å². The van der Waals surface area contributed by atoms with E-state index in [-0.39, 0.29) is 5.91 Å². The summed E-state index contributed by atoms with van der Waals surface area (Å²) in [7, 11) is 0. The number of hydrogen-bond donors (Lipinski definition) is 2. The van der Waals surface area contributed by atoms with Crippen LogP contribution in [-0.4, -0.2) is 15.7 Å². The van der Waals surface area contributed by atoms with E-state index in [2.05, 4.69) is 10.4 Å². The molecule has 0 atom stereocenters. The molecule has 0 aliphatic carbocycles. The van der Waals surface area contributed by atoms with Crippen molar-refractivity contribution in [3.8, 4) is 5.69 Å². The van der Waals surface area contributed by atoms with E-state index in [0.717, 1.165) is 10.6 Å². The van der Waals surface area contributed by atoms with Gasteiger partial charge in [0.1, 0.15) is 10.7 Å². The van der Waals surface area contributed by atoms with E-state index < -0.39 is 0 Å². The minimum atomic E-state index is -0.202. The number of anilines is 2. The molecule has 0 saturated heterocycles. The Morgan fingerprint density at radius 3 is 2.46 bits per heavy atom. The molecule has 0 radical (unpaired) electrons. The van der Waals surface area contributed by atoms with Crippen LogP contribution in [0.25, 0.3) is 5.69 Å². The maximum Gasteiger partial charge on any atom is 0.221 e. The van der Waals surface area contributed by atoms with Gasteiger partial charge in [-0.05, 0) is 36.4 Å². The van der Waals surface area contributed by atoms with Crippen LogP contribution in [0.2, 0.25) is 5.02 Å². The lowest BCUT2D eigenvalue weighted by Crippen LogP contribution is -2.09. The Bertz CT molecular complexity index is 862. The number of amides is 1. The second-order valence-electron chi connectivity index (χ2n) is 5.05. The van der Waals surface area contributed by atoms with E-state index in [4.69, 9.17) is 17.3 Å². The fraction of sp³-hybridized carbons (Fsp3) is 0.0588. The molecule has 1 aromatic heterocycles. The number of nitrogens with one attached hydrogen (secondary N) is 1. The number of rotatable bonds is 4. The van der Waals surface area contributed by atoms with Gasteiger partial charge in [0, 0.05) is 16.8 Å². The average Bonchev–Trinajstić information content (AvgIpc) is 2.87. The number of carbonyl (C=O) groups is 1. The molecule has 3 aromatic rings. The second kappa shape index (κ2) is 6.98. The van der Waals surface area contributed by atoms with Gasteiger partial charge >= 0.3 is 0 Å². The van der Waals surface area contributed by atoms with E-state index in [1.165, 1.54) is 18.7 Å². The zero-order chi connectivity index (χ0) is 17.1. The van der Waals surface area contributed by atoms with E-state index in [1.54, 1.807) is 16.8 Å². The maximum absolute atomic E-state index is 11.5. The molecule has 122 valence electrons. The van der Waals surface area contributed by atoms with Gasteiger partial charge in [0.25, 0.3) is 0 Å². The molecule has 0 saturated carbocycles. The number of nitrogens with two attached hydrogens (primary N) is 1. The minimum Gasteiger partial charge on any atom is -0.382 e. The number of hydrogen-bond acceptors (Lipinski definition) is 4. The van der Waals surface area contributed by atoms with Crippen molar-refractivity contribution in [1.82, 2.24) is 9.78 Å². The van der Waals surface area contributed by atoms with Crippen molar-refractivity contribution in [2.24, 2.45) is 0 Å². The van der Waals surface area contributed by atoms with Crippen LogP contribution in [0, 0.1) is 0 Å². The van der Waals surface area contributed by atoms with Crippen molar-refractivity contribution in [2.75, 3.05) is 11.1 Å². The highest BCUT2D eigenvalue weighted by Crippen LogP contribution is 2.37. The largest absolute Gasteiger partial charge is 0.382 e. The predicted octanol–water partition coefficient (Wildman–Crippen LogP) is 4.22. The summed E-state index contributed by atoms with van der Waals surface area (Å²) in [5, 5.41) is 8.61. The lowest BCUT2D eigenvalue weighted by Gasteiger charge is -2.05. The van der Waals surface area contributed by atoms with Crippen molar-refractivity contribution in [3.05, 3.63) is 59.6 Å². The molecule has 0 spiro atoms. The molecule has 5 nitrogen and oxygen atoms in total. The zero-order valence-electron chi connectivity index (χ0n) is 12.9. The fourth-order valence-electron chi connectivity index (χ4n) is 2.16. The number of benzene rings is 2. The van der Waals surface area contributed by atoms with Crippen LogP contribution in [0.5, 0.6) is 0 Å². The quantitative estimate of drug-likeness (QED) is 0.732. The number of carbonyl (C=O) groups excluding carboxylic acids is 1. The monoisotopic (exact) mass is 358 g/mol. The smallest absolute Gasteiger partial charge is 0.221 e. The Morgan fingerprint density at radius 1 is 1.17 bits per heavy atom. The highest BCUT2D eigenvalue weighted by molar-refractivity contribution is 7.99. The molecule has 1 heterocycles. The van der Waals surface area contributed by atoms with Gasteiger partial charge in [-0.15, -0.1) is 0 Å². The van der Waals surface area contributed by atoms with Crippen molar-refractivity contribution >= 4 is 40.8 Å². The predicted molar refractivity (Wildman–Crippen MR) is 97.9 cm³/mol. The summed E-state index contributed by atoms with van der Waals surface area (Å²) >= 11 is 7.33. The summed E-state index contributed by atoms with van der Waals surface area (Å²) in [6.45, 7) is 1.44. The van der Waals surface area contributed by atoms with E-state index in [9.17, 15) is 4.79 Å². The molecule has 24 heavy (non-hydrogen) atoms. The first-order valence-corrected chi connectivity index (χ1v) is 8.39. The first-order chi connectivity index (χ1) is 11.5. The van der Waals surface area contributed by atoms with Gasteiger partial charge in [-0.2, -0.15) is 5.10 Å². The van der Waals surface area contributed by atoms with Crippen LogP contribution in [0.15, 0.2) is 64.5 Å². The molecule has 0 aliphatic rings. The molecule has 3 rings (SSSR count). The van der Waals surface area contributed by atoms with E-state index in [1.807, 2.05) is 42.5 Å². The normalized spacial score (nSPS) is 10.6. The Morgan fingerprint density at radius 2 is 1.83 bits per heavy atom. The molecule has 0 fully saturated rings. The van der Waals surface area contributed by atoms with Gasteiger partial charge in [-0.1, -0.05) is 41.6 Å². The molecule has 1 amide bonds. The van der Waals surface area contributed by atoms with Crippen molar-refractivity contribution in [3.63, 3.8) is 0 Å². The first kappa shape index (κ1) is 16.4. The molecular weight excluding hydrogens is 344 g/mol. The third-order valence-corrected chi connectivity index (χ3v) is 4.46. The van der Waals surface area contributed by atoms with Gasteiger partial charge in [-0.25, -0.2) is 4.68 Å². The molecule has 3 N–H and O–H groups in total. The van der Waals surface area contributed by atoms with Gasteiger partial charge < -0.3 is 11.1 Å². The number of nitrogen functional groups attached to an aromatic ring is 1. The number of aromatic nitrogens is 2. The Kier molecular flexibility index (Phi) is 4.78. The van der Waals surface area contributed by atoms with Crippen LogP contribution in [0.4, 0.5) is 11.5 Å². The Labute approximate surface area is 148 Å². The number of halogens is 1. The summed E-state index contributed by atoms with van der Waals surface area (Å²) in [6, 6.07) is 16.9. The third-order valence-electron chi connectivity index (χ3n) is 3.22. The standard InChI is InChI=1S/C17H15ClN4OS/c1-11(23)20-15-16(19)22(13-5-3-2-4-6-13)21-17(15)24-14-9-7-12(18)8-10-14/h2-10H,19H2,1H3,(H,20,23). The molecular formula is C17H15ClN4OS. The van der Waals surface area contributed by atoms with E-state index >= 15 is 0 Å². The summed E-state index contributed by atoms with van der Waals surface area (Å²) < 4.78 is 1.61. The Hall–Kier alpha value is -2.44. The van der Waals surface area contributed by atoms with Crippen LogP contribution in [0.3, 0.4) is 0 Å². The van der Waals surface area contributed by atoms with Crippen LogP contribution < -0.4 is 11.1 Å². The zero-order valence-corrected chi connectivity index (χ0v) is 14.4. The highest BCUT2D eigenvalue weighted by Gasteiger charge is 2.18. The van der Waals surface area contributed by atoms with Crippen LogP contribution in [-0.2, 0) is 4.79 Å². The second-order valence-corrected chi connectivity index (χ2v) is 6.55. The molecule has 0 unspecified atom stereocenters. The third kappa shape index (κ3) is 3.55. The van der Waals surface area contributed by atoms with Gasteiger partial charge in [0.15, 0.2) is 5.82 Å². The van der Waals surface area contributed by atoms with Crippen molar-refractivity contribution in [2.45, 2.75) is 16.8 Å². The number of para-hydroxylation sites is 1. The molecule has 0 aliphatic heterocycles. The molecule has 7 heteroatoms. The lowest BCUT2D eigenvalue weighted by molar-refractivity contribution is -0.114. The topological polar surface area (TPSA) is 72.9 Å². The van der Waals surface area contributed by atoms with Gasteiger partial charge in [0.05, 0.1) is 5.69 Å². The highest BCUT2D eigenvalue weighted by atomic mass is 35.5. The SMILES string of the molecule is CC(=O)Nc1c(Sc2ccc(Cl)cc2)nn(-c2ccccc2)c1N. The first-order valence-electron chi connectivity index (χ1n) is 7.19. The van der Waals surface area contributed by atoms with Gasteiger partial charge in [-0.3, -0.25) is 4.79 Å². The lowest BCUT2D eigenvalue weighted by atomic mass is 10.3. The number of nitrogens with zero attached hydrogens (tertiary/aromatic N) is 2. The summed E-state index contributed by atoms with van der Waals surface area (Å²) in [6.07, 6.45) is 0. The molecule has 2 aromatic carbocycles. The molecule has 0 bridgehead atoms. The van der Waals surface area contributed by atoms with Crippen LogP contribution in [0.1, 0.15) is 6.92 Å². The summed E-state index contributed by atoms with van der Waals surface area (Å²) in [5.41, 5.74) is 7.54. The van der Waals surface area contributed by atoms with Crippen molar-refractivity contribution in [1.29, 1.82) is 0 Å².